The summed E-state index contributed by atoms with van der Waals surface area (Å²) in [6.45, 7) is 3.16. The van der Waals surface area contributed by atoms with Gasteiger partial charge in [-0.3, -0.25) is 14.5 Å². The summed E-state index contributed by atoms with van der Waals surface area (Å²) in [5.74, 6) is -0.230. The molecule has 0 aliphatic heterocycles. The summed E-state index contributed by atoms with van der Waals surface area (Å²) in [7, 11) is 5.10. The second-order valence-electron chi connectivity index (χ2n) is 5.02. The summed E-state index contributed by atoms with van der Waals surface area (Å²) < 4.78 is 0. The Kier molecular flexibility index (Phi) is 6.18. The van der Waals surface area contributed by atoms with Crippen molar-refractivity contribution in [2.24, 2.45) is 0 Å². The minimum atomic E-state index is -0.164. The zero-order chi connectivity index (χ0) is 15.1. The van der Waals surface area contributed by atoms with E-state index >= 15 is 0 Å². The van der Waals surface area contributed by atoms with Crippen LogP contribution in [0.15, 0.2) is 24.3 Å². The maximum absolute atomic E-state index is 12.0. The van der Waals surface area contributed by atoms with E-state index in [1.54, 1.807) is 14.1 Å². The van der Waals surface area contributed by atoms with Gasteiger partial charge in [0.1, 0.15) is 0 Å². The molecule has 0 spiro atoms. The van der Waals surface area contributed by atoms with Crippen molar-refractivity contribution in [3.05, 3.63) is 35.4 Å². The molecule has 110 valence electrons. The highest BCUT2D eigenvalue weighted by atomic mass is 16.2. The molecule has 0 saturated carbocycles. The van der Waals surface area contributed by atoms with Crippen molar-refractivity contribution >= 4 is 11.8 Å². The lowest BCUT2D eigenvalue weighted by Gasteiger charge is -2.22. The van der Waals surface area contributed by atoms with Crippen LogP contribution in [-0.4, -0.2) is 55.8 Å². The van der Waals surface area contributed by atoms with Crippen LogP contribution < -0.4 is 5.32 Å². The van der Waals surface area contributed by atoms with Crippen molar-refractivity contribution in [1.82, 2.24) is 15.1 Å². The number of amides is 2. The fourth-order valence-corrected chi connectivity index (χ4v) is 1.87. The van der Waals surface area contributed by atoms with E-state index < -0.39 is 0 Å². The summed E-state index contributed by atoms with van der Waals surface area (Å²) in [4.78, 5) is 26.6. The van der Waals surface area contributed by atoms with Gasteiger partial charge in [0.05, 0.1) is 13.1 Å². The first-order chi connectivity index (χ1) is 9.43. The zero-order valence-electron chi connectivity index (χ0n) is 12.6. The van der Waals surface area contributed by atoms with Crippen molar-refractivity contribution in [3.8, 4) is 0 Å². The molecule has 0 heterocycles. The molecular formula is C15H23N3O2. The molecule has 0 bridgehead atoms. The number of nitrogens with one attached hydrogen (secondary N) is 1. The Morgan fingerprint density at radius 1 is 1.15 bits per heavy atom. The third-order valence-corrected chi connectivity index (χ3v) is 3.19. The molecule has 0 aromatic heterocycles. The average Bonchev–Trinajstić information content (AvgIpc) is 2.41. The number of hydrogen-bond donors (Lipinski definition) is 1. The molecule has 2 amide bonds. The predicted molar refractivity (Wildman–Crippen MR) is 79.2 cm³/mol. The number of hydrogen-bond acceptors (Lipinski definition) is 3. The van der Waals surface area contributed by atoms with Crippen molar-refractivity contribution in [3.63, 3.8) is 0 Å². The van der Waals surface area contributed by atoms with Crippen molar-refractivity contribution in [2.45, 2.75) is 13.5 Å². The first-order valence-corrected chi connectivity index (χ1v) is 6.61. The number of likely N-dealkylation sites (N-methyl/N-ethyl adjacent to an activating group) is 3. The first kappa shape index (κ1) is 16.2. The molecule has 1 aromatic rings. The number of aryl methyl sites for hydroxylation is 1. The molecule has 0 aliphatic carbocycles. The van der Waals surface area contributed by atoms with Crippen LogP contribution in [0.3, 0.4) is 0 Å². The Labute approximate surface area is 120 Å². The number of rotatable bonds is 6. The van der Waals surface area contributed by atoms with Gasteiger partial charge in [-0.1, -0.05) is 24.3 Å². The number of carbonyl (C=O) groups is 2. The molecule has 0 unspecified atom stereocenters. The van der Waals surface area contributed by atoms with E-state index in [0.29, 0.717) is 13.1 Å². The molecule has 0 radical (unpaired) electrons. The fraction of sp³-hybridized carbons (Fsp3) is 0.467. The van der Waals surface area contributed by atoms with E-state index in [1.807, 2.05) is 24.1 Å². The van der Waals surface area contributed by atoms with Crippen LogP contribution in [0.25, 0.3) is 0 Å². The van der Waals surface area contributed by atoms with Crippen LogP contribution in [-0.2, 0) is 16.1 Å². The molecule has 0 aliphatic rings. The largest absolute Gasteiger partial charge is 0.358 e. The molecule has 20 heavy (non-hydrogen) atoms. The highest BCUT2D eigenvalue weighted by Crippen LogP contribution is 2.09. The maximum atomic E-state index is 12.0. The van der Waals surface area contributed by atoms with Gasteiger partial charge in [0.2, 0.25) is 11.8 Å². The van der Waals surface area contributed by atoms with E-state index in [1.165, 1.54) is 16.0 Å². The zero-order valence-corrected chi connectivity index (χ0v) is 12.6. The van der Waals surface area contributed by atoms with Crippen LogP contribution in [0.2, 0.25) is 0 Å². The van der Waals surface area contributed by atoms with Crippen LogP contribution in [0.1, 0.15) is 11.1 Å². The second kappa shape index (κ2) is 7.65. The minimum Gasteiger partial charge on any atom is -0.358 e. The normalized spacial score (nSPS) is 10.4. The Bertz CT molecular complexity index is 474. The Morgan fingerprint density at radius 2 is 1.80 bits per heavy atom. The van der Waals surface area contributed by atoms with E-state index in [4.69, 9.17) is 0 Å². The molecule has 5 heteroatoms. The average molecular weight is 277 g/mol. The summed E-state index contributed by atoms with van der Waals surface area (Å²) in [5.41, 5.74) is 2.42. The molecule has 5 nitrogen and oxygen atoms in total. The van der Waals surface area contributed by atoms with Gasteiger partial charge in [-0.15, -0.1) is 0 Å². The lowest BCUT2D eigenvalue weighted by molar-refractivity contribution is -0.135. The quantitative estimate of drug-likeness (QED) is 0.830. The number of carbonyl (C=O) groups excluding carboxylic acids is 2. The molecule has 0 fully saturated rings. The van der Waals surface area contributed by atoms with Gasteiger partial charge < -0.3 is 10.2 Å². The van der Waals surface area contributed by atoms with Crippen molar-refractivity contribution < 1.29 is 9.59 Å². The van der Waals surface area contributed by atoms with Gasteiger partial charge in [-0.25, -0.2) is 0 Å². The van der Waals surface area contributed by atoms with E-state index in [-0.39, 0.29) is 18.4 Å². The number of nitrogens with zero attached hydrogens (tertiary/aromatic N) is 2. The smallest absolute Gasteiger partial charge is 0.239 e. The predicted octanol–water partition coefficient (Wildman–Crippen LogP) is 0.631. The van der Waals surface area contributed by atoms with Crippen molar-refractivity contribution in [2.75, 3.05) is 34.2 Å². The summed E-state index contributed by atoms with van der Waals surface area (Å²) in [6.07, 6.45) is 0. The highest BCUT2D eigenvalue weighted by molar-refractivity contribution is 5.85. The summed E-state index contributed by atoms with van der Waals surface area (Å²) in [6, 6.07) is 8.12. The van der Waals surface area contributed by atoms with Crippen LogP contribution in [0.4, 0.5) is 0 Å². The second-order valence-corrected chi connectivity index (χ2v) is 5.02. The maximum Gasteiger partial charge on any atom is 0.239 e. The van der Waals surface area contributed by atoms with Gasteiger partial charge >= 0.3 is 0 Å². The van der Waals surface area contributed by atoms with Crippen LogP contribution >= 0.6 is 0 Å². The molecule has 1 N–H and O–H groups in total. The SMILES string of the molecule is CNC(=O)CN(C)C(=O)CN(C)Cc1ccccc1C. The topological polar surface area (TPSA) is 52.7 Å². The number of benzene rings is 1. The molecule has 0 saturated heterocycles. The Balaban J connectivity index is 2.49. The lowest BCUT2D eigenvalue weighted by Crippen LogP contribution is -2.41. The summed E-state index contributed by atoms with van der Waals surface area (Å²) in [5, 5.41) is 2.50. The van der Waals surface area contributed by atoms with Gasteiger partial charge in [0, 0.05) is 20.6 Å². The minimum absolute atomic E-state index is 0.0651. The van der Waals surface area contributed by atoms with Gasteiger partial charge in [-0.2, -0.15) is 0 Å². The van der Waals surface area contributed by atoms with Crippen LogP contribution in [0, 0.1) is 6.92 Å². The van der Waals surface area contributed by atoms with Gasteiger partial charge in [-0.05, 0) is 25.1 Å². The third-order valence-electron chi connectivity index (χ3n) is 3.19. The fourth-order valence-electron chi connectivity index (χ4n) is 1.87. The monoisotopic (exact) mass is 277 g/mol. The molecule has 1 aromatic carbocycles. The molecule has 1 rings (SSSR count). The van der Waals surface area contributed by atoms with E-state index in [9.17, 15) is 9.59 Å². The highest BCUT2D eigenvalue weighted by Gasteiger charge is 2.14. The molecule has 0 atom stereocenters. The first-order valence-electron chi connectivity index (χ1n) is 6.61. The standard InChI is InChI=1S/C15H23N3O2/c1-12-7-5-6-8-13(12)9-17(3)11-15(20)18(4)10-14(19)16-2/h5-8H,9-11H2,1-4H3,(H,16,19). The van der Waals surface area contributed by atoms with Crippen molar-refractivity contribution in [1.29, 1.82) is 0 Å². The third kappa shape index (κ3) is 5.01. The van der Waals surface area contributed by atoms with E-state index in [2.05, 4.69) is 24.4 Å². The molecular weight excluding hydrogens is 254 g/mol. The van der Waals surface area contributed by atoms with Gasteiger partial charge in [0.15, 0.2) is 0 Å². The lowest BCUT2D eigenvalue weighted by atomic mass is 10.1. The van der Waals surface area contributed by atoms with Gasteiger partial charge in [0.25, 0.3) is 0 Å². The van der Waals surface area contributed by atoms with Crippen LogP contribution in [0.5, 0.6) is 0 Å². The summed E-state index contributed by atoms with van der Waals surface area (Å²) >= 11 is 0. The Hall–Kier alpha value is -1.88. The Morgan fingerprint density at radius 3 is 2.40 bits per heavy atom. The van der Waals surface area contributed by atoms with E-state index in [0.717, 1.165) is 0 Å².